The Kier molecular flexibility index (Phi) is 51.7. The number of hydrogen-bond acceptors (Lipinski definition) is 11. The molecular formula is C69H114O12. The van der Waals surface area contributed by atoms with Crippen molar-refractivity contribution < 1.29 is 58.2 Å². The van der Waals surface area contributed by atoms with E-state index in [2.05, 4.69) is 118 Å². The zero-order valence-corrected chi connectivity index (χ0v) is 51.0. The third kappa shape index (κ3) is 45.8. The van der Waals surface area contributed by atoms with Gasteiger partial charge in [0.05, 0.1) is 6.61 Å². The van der Waals surface area contributed by atoms with Crippen LogP contribution in [-0.4, -0.2) is 89.2 Å². The molecule has 1 aliphatic rings. The molecule has 1 saturated heterocycles. The van der Waals surface area contributed by atoms with Crippen LogP contribution in [0.5, 0.6) is 0 Å². The molecule has 81 heavy (non-hydrogen) atoms. The predicted octanol–water partition coefficient (Wildman–Crippen LogP) is 17.2. The van der Waals surface area contributed by atoms with Gasteiger partial charge >= 0.3 is 23.9 Å². The number of hydrogen-bond donors (Lipinski definition) is 3. The van der Waals surface area contributed by atoms with Crippen LogP contribution >= 0.6 is 0 Å². The molecular weight excluding hydrogens is 1020 g/mol. The Morgan fingerprint density at radius 2 is 0.778 bits per heavy atom. The van der Waals surface area contributed by atoms with E-state index < -0.39 is 67.3 Å². The van der Waals surface area contributed by atoms with Crippen molar-refractivity contribution in [2.45, 2.75) is 302 Å². The molecule has 1 fully saturated rings. The molecule has 0 aromatic carbocycles. The summed E-state index contributed by atoms with van der Waals surface area (Å²) in [6.07, 6.45) is 62.2. The van der Waals surface area contributed by atoms with E-state index in [-0.39, 0.29) is 25.9 Å². The zero-order valence-electron chi connectivity index (χ0n) is 51.0. The first-order valence-electron chi connectivity index (χ1n) is 32.2. The summed E-state index contributed by atoms with van der Waals surface area (Å²) >= 11 is 0. The van der Waals surface area contributed by atoms with Gasteiger partial charge in [-0.05, 0) is 116 Å². The fraction of sp³-hybridized carbons (Fsp3) is 0.710. The van der Waals surface area contributed by atoms with Crippen molar-refractivity contribution in [3.8, 4) is 0 Å². The van der Waals surface area contributed by atoms with E-state index in [0.29, 0.717) is 19.3 Å². The lowest BCUT2D eigenvalue weighted by Crippen LogP contribution is -2.61. The number of aliphatic carboxylic acids is 1. The Morgan fingerprint density at radius 1 is 0.420 bits per heavy atom. The normalized spacial score (nSPS) is 18.4. The Hall–Kier alpha value is -4.36. The summed E-state index contributed by atoms with van der Waals surface area (Å²) in [6.45, 7) is 5.74. The first-order valence-corrected chi connectivity index (χ1v) is 32.2. The number of rotatable bonds is 54. The molecule has 462 valence electrons. The quantitative estimate of drug-likeness (QED) is 0.0228. The smallest absolute Gasteiger partial charge is 0.335 e. The van der Waals surface area contributed by atoms with Gasteiger partial charge in [0.1, 0.15) is 18.8 Å². The Balaban J connectivity index is 2.67. The molecule has 1 heterocycles. The Morgan fingerprint density at radius 3 is 1.19 bits per heavy atom. The molecule has 6 unspecified atom stereocenters. The predicted molar refractivity (Wildman–Crippen MR) is 331 cm³/mol. The van der Waals surface area contributed by atoms with Crippen LogP contribution in [0.2, 0.25) is 0 Å². The fourth-order valence-corrected chi connectivity index (χ4v) is 9.25. The van der Waals surface area contributed by atoms with Crippen molar-refractivity contribution in [2.75, 3.05) is 13.2 Å². The van der Waals surface area contributed by atoms with Crippen molar-refractivity contribution in [3.63, 3.8) is 0 Å². The first kappa shape index (κ1) is 74.7. The van der Waals surface area contributed by atoms with Crippen LogP contribution < -0.4 is 0 Å². The molecule has 0 spiro atoms. The lowest BCUT2D eigenvalue weighted by Gasteiger charge is -2.40. The van der Waals surface area contributed by atoms with Gasteiger partial charge in [0.25, 0.3) is 0 Å². The molecule has 0 aromatic rings. The standard InChI is InChI=1S/C69H114O12/c1-4-7-10-13-16-19-22-25-28-30-31-33-35-37-40-43-46-49-52-55-61(70)77-58-60(79-62(71)56-53-50-47-44-41-38-34-27-24-21-18-15-12-9-6-3)59-78-69-67(65(74)64(73)66(81-69)68(75)76)80-63(72)57-54-51-48-45-42-39-36-32-29-26-23-20-17-14-11-8-5-2/h8-9,11-12,16-21,25-29,34,60,64-67,69,73-74H,4-7,10,13-15,22-24,30-33,35-59H2,1-3H3,(H,75,76)/b11-8-,12-9-,19-16-,20-17-,21-18-,28-25-,29-26-,34-27-. The van der Waals surface area contributed by atoms with Crippen molar-refractivity contribution in [2.24, 2.45) is 0 Å². The second kappa shape index (κ2) is 56.1. The van der Waals surface area contributed by atoms with Gasteiger partial charge in [-0.25, -0.2) is 4.79 Å². The topological polar surface area (TPSA) is 175 Å². The van der Waals surface area contributed by atoms with Crippen LogP contribution in [0.15, 0.2) is 97.2 Å². The maximum atomic E-state index is 13.2. The van der Waals surface area contributed by atoms with Crippen molar-refractivity contribution in [1.29, 1.82) is 0 Å². The van der Waals surface area contributed by atoms with Crippen LogP contribution in [0.25, 0.3) is 0 Å². The minimum atomic E-state index is -1.91. The average Bonchev–Trinajstić information content (AvgIpc) is 3.53. The summed E-state index contributed by atoms with van der Waals surface area (Å²) in [5, 5.41) is 31.6. The second-order valence-electron chi connectivity index (χ2n) is 21.6. The van der Waals surface area contributed by atoms with Crippen LogP contribution in [-0.2, 0) is 42.9 Å². The third-order valence-corrected chi connectivity index (χ3v) is 14.1. The number of carboxylic acids is 1. The van der Waals surface area contributed by atoms with Gasteiger partial charge in [-0.1, -0.05) is 227 Å². The summed E-state index contributed by atoms with van der Waals surface area (Å²) in [5.41, 5.74) is 0. The number of ether oxygens (including phenoxy) is 5. The number of esters is 3. The number of unbranched alkanes of at least 4 members (excludes halogenated alkanes) is 24. The van der Waals surface area contributed by atoms with E-state index in [4.69, 9.17) is 23.7 Å². The Labute approximate surface area is 492 Å². The number of carbonyl (C=O) groups is 4. The monoisotopic (exact) mass is 1130 g/mol. The average molecular weight is 1140 g/mol. The molecule has 3 N–H and O–H groups in total. The van der Waals surface area contributed by atoms with Crippen LogP contribution in [0.1, 0.15) is 265 Å². The third-order valence-electron chi connectivity index (χ3n) is 14.1. The largest absolute Gasteiger partial charge is 0.479 e. The number of aliphatic hydroxyl groups is 2. The van der Waals surface area contributed by atoms with Gasteiger partial charge in [-0.2, -0.15) is 0 Å². The minimum absolute atomic E-state index is 0.0431. The van der Waals surface area contributed by atoms with Gasteiger partial charge in [0, 0.05) is 19.3 Å². The maximum Gasteiger partial charge on any atom is 0.335 e. The number of aliphatic hydroxyl groups excluding tert-OH is 2. The van der Waals surface area contributed by atoms with Gasteiger partial charge in [0.2, 0.25) is 0 Å². The zero-order chi connectivity index (χ0) is 58.9. The van der Waals surface area contributed by atoms with Crippen LogP contribution in [0.4, 0.5) is 0 Å². The van der Waals surface area contributed by atoms with Crippen molar-refractivity contribution in [3.05, 3.63) is 97.2 Å². The molecule has 0 aromatic heterocycles. The molecule has 12 heteroatoms. The van der Waals surface area contributed by atoms with E-state index in [1.807, 2.05) is 0 Å². The van der Waals surface area contributed by atoms with Gasteiger partial charge in [-0.3, -0.25) is 14.4 Å². The van der Waals surface area contributed by atoms with Gasteiger partial charge in [-0.15, -0.1) is 0 Å². The molecule has 0 saturated carbocycles. The molecule has 0 aliphatic carbocycles. The molecule has 1 rings (SSSR count). The molecule has 0 radical (unpaired) electrons. The molecule has 0 bridgehead atoms. The highest BCUT2D eigenvalue weighted by atomic mass is 16.7. The highest BCUT2D eigenvalue weighted by Gasteiger charge is 2.50. The van der Waals surface area contributed by atoms with E-state index >= 15 is 0 Å². The summed E-state index contributed by atoms with van der Waals surface area (Å²) in [4.78, 5) is 51.3. The summed E-state index contributed by atoms with van der Waals surface area (Å²) in [7, 11) is 0. The lowest BCUT2D eigenvalue weighted by molar-refractivity contribution is -0.301. The Bertz CT molecular complexity index is 1780. The molecule has 12 nitrogen and oxygen atoms in total. The highest BCUT2D eigenvalue weighted by Crippen LogP contribution is 2.26. The summed E-state index contributed by atoms with van der Waals surface area (Å²) in [5.74, 6) is -3.16. The maximum absolute atomic E-state index is 13.2. The van der Waals surface area contributed by atoms with E-state index in [9.17, 15) is 34.5 Å². The van der Waals surface area contributed by atoms with E-state index in [0.717, 1.165) is 148 Å². The number of allylic oxidation sites excluding steroid dienone is 16. The van der Waals surface area contributed by atoms with Crippen molar-refractivity contribution >= 4 is 23.9 Å². The van der Waals surface area contributed by atoms with Crippen molar-refractivity contribution in [1.82, 2.24) is 0 Å². The SMILES string of the molecule is CC/C=C\C/C=C\C/C=C\CCCCCCCCCC(=O)OC1C(OCC(COC(=O)CCCCCCCCCCC/C=C\C/C=C\CCCCC)OC(=O)CCCCCCC/C=C\C/C=C\C/C=C\CC)OC(C(=O)O)C(O)C1O. The van der Waals surface area contributed by atoms with Gasteiger partial charge in [0.15, 0.2) is 24.6 Å². The first-order chi connectivity index (χ1) is 39.6. The molecule has 6 atom stereocenters. The highest BCUT2D eigenvalue weighted by molar-refractivity contribution is 5.74. The lowest BCUT2D eigenvalue weighted by atomic mass is 9.98. The molecule has 1 aliphatic heterocycles. The summed E-state index contributed by atoms with van der Waals surface area (Å²) < 4.78 is 28.5. The molecule has 0 amide bonds. The second-order valence-corrected chi connectivity index (χ2v) is 21.6. The minimum Gasteiger partial charge on any atom is -0.479 e. The number of carbonyl (C=O) groups excluding carboxylic acids is 3. The van der Waals surface area contributed by atoms with E-state index in [1.165, 1.54) is 57.8 Å². The van der Waals surface area contributed by atoms with E-state index in [1.54, 1.807) is 0 Å². The number of carboxylic acid groups (broad SMARTS) is 1. The fourth-order valence-electron chi connectivity index (χ4n) is 9.25. The van der Waals surface area contributed by atoms with Gasteiger partial charge < -0.3 is 39.0 Å². The van der Waals surface area contributed by atoms with Crippen LogP contribution in [0.3, 0.4) is 0 Å². The van der Waals surface area contributed by atoms with Crippen LogP contribution in [0, 0.1) is 0 Å². The summed E-state index contributed by atoms with van der Waals surface area (Å²) in [6, 6.07) is 0.